The Bertz CT molecular complexity index is 974. The lowest BCUT2D eigenvalue weighted by Crippen LogP contribution is -2.32. The number of amides is 1. The summed E-state index contributed by atoms with van der Waals surface area (Å²) in [6.45, 7) is 2.45. The maximum absolute atomic E-state index is 12.9. The van der Waals surface area contributed by atoms with Crippen LogP contribution in [0.25, 0.3) is 0 Å². The molecule has 2 aromatic carbocycles. The first-order valence-corrected chi connectivity index (χ1v) is 11.4. The maximum atomic E-state index is 12.9. The number of rotatable bonds is 7. The number of benzene rings is 2. The van der Waals surface area contributed by atoms with Crippen LogP contribution in [0, 0.1) is 0 Å². The Labute approximate surface area is 180 Å². The molecule has 6 nitrogen and oxygen atoms in total. The molecule has 1 fully saturated rings. The normalized spacial score (nSPS) is 15.8. The first-order chi connectivity index (χ1) is 13.8. The number of nitrogens with one attached hydrogen (secondary N) is 1. The number of halogens is 2. The van der Waals surface area contributed by atoms with E-state index >= 15 is 0 Å². The second-order valence-corrected chi connectivity index (χ2v) is 9.61. The van der Waals surface area contributed by atoms with Gasteiger partial charge in [0.1, 0.15) is 10.6 Å². The monoisotopic (exact) mass is 456 g/mol. The van der Waals surface area contributed by atoms with Crippen molar-refractivity contribution in [1.82, 2.24) is 9.62 Å². The third-order valence-corrected chi connectivity index (χ3v) is 7.10. The summed E-state index contributed by atoms with van der Waals surface area (Å²) in [5.74, 6) is -0.262. The molecule has 1 N–H and O–H groups in total. The second kappa shape index (κ2) is 9.34. The first kappa shape index (κ1) is 21.9. The van der Waals surface area contributed by atoms with Crippen molar-refractivity contribution in [2.24, 2.45) is 0 Å². The minimum atomic E-state index is -3.73. The molecule has 156 valence electrons. The molecule has 1 aliphatic rings. The van der Waals surface area contributed by atoms with E-state index in [0.717, 1.165) is 18.4 Å². The SMILES string of the molecule is C[C@H](NC(=O)COc1ccc(Cl)cc1S(=O)(=O)N1CCCC1)c1ccc(Cl)cc1. The number of hydrogen-bond acceptors (Lipinski definition) is 4. The van der Waals surface area contributed by atoms with Crippen molar-refractivity contribution < 1.29 is 17.9 Å². The molecule has 2 aromatic rings. The van der Waals surface area contributed by atoms with Gasteiger partial charge in [-0.25, -0.2) is 8.42 Å². The van der Waals surface area contributed by atoms with Crippen molar-refractivity contribution in [1.29, 1.82) is 0 Å². The highest BCUT2D eigenvalue weighted by Gasteiger charge is 2.30. The van der Waals surface area contributed by atoms with Crippen molar-refractivity contribution >= 4 is 39.1 Å². The van der Waals surface area contributed by atoms with Crippen LogP contribution in [0.3, 0.4) is 0 Å². The lowest BCUT2D eigenvalue weighted by atomic mass is 10.1. The van der Waals surface area contributed by atoms with Gasteiger partial charge in [-0.1, -0.05) is 35.3 Å². The van der Waals surface area contributed by atoms with Crippen LogP contribution in [0.4, 0.5) is 0 Å². The molecule has 3 rings (SSSR count). The van der Waals surface area contributed by atoms with E-state index in [-0.39, 0.29) is 34.2 Å². The van der Waals surface area contributed by atoms with Crippen molar-refractivity contribution in [2.75, 3.05) is 19.7 Å². The minimum absolute atomic E-state index is 0.0227. The van der Waals surface area contributed by atoms with Crippen LogP contribution in [0.5, 0.6) is 5.75 Å². The smallest absolute Gasteiger partial charge is 0.258 e. The molecule has 0 spiro atoms. The Morgan fingerprint density at radius 1 is 1.10 bits per heavy atom. The van der Waals surface area contributed by atoms with Gasteiger partial charge < -0.3 is 10.1 Å². The summed E-state index contributed by atoms with van der Waals surface area (Å²) in [5.41, 5.74) is 0.895. The van der Waals surface area contributed by atoms with Crippen LogP contribution < -0.4 is 10.1 Å². The third-order valence-electron chi connectivity index (χ3n) is 4.69. The predicted molar refractivity (Wildman–Crippen MR) is 113 cm³/mol. The van der Waals surface area contributed by atoms with Gasteiger partial charge in [0.25, 0.3) is 5.91 Å². The molecule has 1 atom stereocenters. The summed E-state index contributed by atoms with van der Waals surface area (Å²) in [7, 11) is -3.73. The average Bonchev–Trinajstić information content (AvgIpc) is 3.23. The van der Waals surface area contributed by atoms with Crippen LogP contribution in [0.15, 0.2) is 47.4 Å². The van der Waals surface area contributed by atoms with Crippen LogP contribution in [-0.2, 0) is 14.8 Å². The molecule has 1 aliphatic heterocycles. The van der Waals surface area contributed by atoms with Crippen LogP contribution >= 0.6 is 23.2 Å². The number of nitrogens with zero attached hydrogens (tertiary/aromatic N) is 1. The molecular formula is C20H22Cl2N2O4S. The number of carbonyl (C=O) groups excluding carboxylic acids is 1. The van der Waals surface area contributed by atoms with Gasteiger partial charge in [0, 0.05) is 23.1 Å². The Morgan fingerprint density at radius 2 is 1.72 bits per heavy atom. The Balaban J connectivity index is 1.68. The molecule has 0 bridgehead atoms. The summed E-state index contributed by atoms with van der Waals surface area (Å²) in [6.07, 6.45) is 1.64. The van der Waals surface area contributed by atoms with Gasteiger partial charge in [-0.15, -0.1) is 0 Å². The molecule has 0 radical (unpaired) electrons. The summed E-state index contributed by atoms with van der Waals surface area (Å²) < 4.78 is 32.8. The molecule has 1 saturated heterocycles. The highest BCUT2D eigenvalue weighted by atomic mass is 35.5. The van der Waals surface area contributed by atoms with Gasteiger partial charge in [0.05, 0.1) is 6.04 Å². The summed E-state index contributed by atoms with van der Waals surface area (Å²) in [4.78, 5) is 12.3. The fourth-order valence-electron chi connectivity index (χ4n) is 3.13. The summed E-state index contributed by atoms with van der Waals surface area (Å²) >= 11 is 11.9. The number of hydrogen-bond donors (Lipinski definition) is 1. The van der Waals surface area contributed by atoms with Crippen LogP contribution in [0.1, 0.15) is 31.4 Å². The number of ether oxygens (including phenoxy) is 1. The standard InChI is InChI=1S/C20H22Cl2N2O4S/c1-14(15-4-6-16(21)7-5-15)23-20(25)13-28-18-9-8-17(22)12-19(18)29(26,27)24-10-2-3-11-24/h4-9,12,14H,2-3,10-11,13H2,1H3,(H,23,25)/t14-/m0/s1. The minimum Gasteiger partial charge on any atom is -0.482 e. The van der Waals surface area contributed by atoms with E-state index in [1.807, 2.05) is 19.1 Å². The van der Waals surface area contributed by atoms with Gasteiger partial charge in [-0.3, -0.25) is 4.79 Å². The van der Waals surface area contributed by atoms with Crippen molar-refractivity contribution in [3.05, 3.63) is 58.1 Å². The van der Waals surface area contributed by atoms with Gasteiger partial charge in [-0.2, -0.15) is 4.31 Å². The molecule has 1 amide bonds. The van der Waals surface area contributed by atoms with Crippen LogP contribution in [0.2, 0.25) is 10.0 Å². The molecule has 0 aliphatic carbocycles. The van der Waals surface area contributed by atoms with Gasteiger partial charge in [0.15, 0.2) is 6.61 Å². The first-order valence-electron chi connectivity index (χ1n) is 9.25. The lowest BCUT2D eigenvalue weighted by Gasteiger charge is -2.19. The number of sulfonamides is 1. The predicted octanol–water partition coefficient (Wildman–Crippen LogP) is 4.03. The second-order valence-electron chi connectivity index (χ2n) is 6.83. The van der Waals surface area contributed by atoms with E-state index < -0.39 is 10.0 Å². The van der Waals surface area contributed by atoms with E-state index in [2.05, 4.69) is 5.32 Å². The highest BCUT2D eigenvalue weighted by molar-refractivity contribution is 7.89. The Morgan fingerprint density at radius 3 is 2.38 bits per heavy atom. The molecule has 0 saturated carbocycles. The fraction of sp³-hybridized carbons (Fsp3) is 0.350. The molecule has 1 heterocycles. The molecule has 9 heteroatoms. The number of carbonyl (C=O) groups is 1. The fourth-order valence-corrected chi connectivity index (χ4v) is 5.17. The molecule has 29 heavy (non-hydrogen) atoms. The van der Waals surface area contributed by atoms with E-state index in [4.69, 9.17) is 27.9 Å². The van der Waals surface area contributed by atoms with Gasteiger partial charge in [0.2, 0.25) is 10.0 Å². The molecule has 0 unspecified atom stereocenters. The molecule has 0 aromatic heterocycles. The average molecular weight is 457 g/mol. The van der Waals surface area contributed by atoms with Crippen molar-refractivity contribution in [3.63, 3.8) is 0 Å². The van der Waals surface area contributed by atoms with E-state index in [0.29, 0.717) is 18.1 Å². The third kappa shape index (κ3) is 5.42. The zero-order valence-corrected chi connectivity index (χ0v) is 18.2. The van der Waals surface area contributed by atoms with Crippen molar-refractivity contribution in [3.8, 4) is 5.75 Å². The van der Waals surface area contributed by atoms with Gasteiger partial charge >= 0.3 is 0 Å². The lowest BCUT2D eigenvalue weighted by molar-refractivity contribution is -0.123. The van der Waals surface area contributed by atoms with E-state index in [1.165, 1.54) is 22.5 Å². The summed E-state index contributed by atoms with van der Waals surface area (Å²) in [5, 5.41) is 3.72. The topological polar surface area (TPSA) is 75.7 Å². The Hall–Kier alpha value is -1.80. The van der Waals surface area contributed by atoms with E-state index in [1.54, 1.807) is 12.1 Å². The zero-order chi connectivity index (χ0) is 21.0. The Kier molecular flexibility index (Phi) is 7.05. The quantitative estimate of drug-likeness (QED) is 0.681. The van der Waals surface area contributed by atoms with Gasteiger partial charge in [-0.05, 0) is 55.7 Å². The largest absolute Gasteiger partial charge is 0.482 e. The zero-order valence-electron chi connectivity index (χ0n) is 15.9. The van der Waals surface area contributed by atoms with E-state index in [9.17, 15) is 13.2 Å². The molecular weight excluding hydrogens is 435 g/mol. The van der Waals surface area contributed by atoms with Crippen molar-refractivity contribution in [2.45, 2.75) is 30.7 Å². The van der Waals surface area contributed by atoms with Crippen LogP contribution in [-0.4, -0.2) is 38.3 Å². The highest BCUT2D eigenvalue weighted by Crippen LogP contribution is 2.31. The summed E-state index contributed by atoms with van der Waals surface area (Å²) in [6, 6.07) is 11.3. The maximum Gasteiger partial charge on any atom is 0.258 e.